The van der Waals surface area contributed by atoms with Gasteiger partial charge in [-0.2, -0.15) is 0 Å². The lowest BCUT2D eigenvalue weighted by atomic mass is 10.2. The van der Waals surface area contributed by atoms with Crippen LogP contribution in [0.2, 0.25) is 5.02 Å². The third-order valence-corrected chi connectivity index (χ3v) is 3.27. The highest BCUT2D eigenvalue weighted by atomic mass is 35.5. The van der Waals surface area contributed by atoms with Gasteiger partial charge in [-0.05, 0) is 30.7 Å². The maximum absolute atomic E-state index is 13.6. The minimum Gasteiger partial charge on any atom is -0.369 e. The molecule has 0 aliphatic carbocycles. The van der Waals surface area contributed by atoms with Gasteiger partial charge in [0, 0.05) is 11.8 Å². The standard InChI is InChI=1S/C14H11ClFN3/c1-8-3-2-4-9(5-8)19-13-7-11(16)10(15)6-12(13)18-14(19)17/h2-7H,1H3,(H2,17,18). The van der Waals surface area contributed by atoms with Gasteiger partial charge in [0.1, 0.15) is 5.82 Å². The highest BCUT2D eigenvalue weighted by Gasteiger charge is 2.13. The van der Waals surface area contributed by atoms with Crippen molar-refractivity contribution in [1.29, 1.82) is 0 Å². The van der Waals surface area contributed by atoms with E-state index in [4.69, 9.17) is 17.3 Å². The number of anilines is 1. The SMILES string of the molecule is Cc1cccc(-n2c(N)nc3cc(Cl)c(F)cc32)c1. The Morgan fingerprint density at radius 3 is 2.79 bits per heavy atom. The van der Waals surface area contributed by atoms with E-state index in [0.717, 1.165) is 11.3 Å². The van der Waals surface area contributed by atoms with Crippen molar-refractivity contribution in [2.24, 2.45) is 0 Å². The van der Waals surface area contributed by atoms with Crippen molar-refractivity contribution >= 4 is 28.6 Å². The molecule has 0 radical (unpaired) electrons. The van der Waals surface area contributed by atoms with E-state index in [9.17, 15) is 4.39 Å². The number of imidazole rings is 1. The van der Waals surface area contributed by atoms with Crippen LogP contribution in [0.4, 0.5) is 10.3 Å². The van der Waals surface area contributed by atoms with Crippen LogP contribution >= 0.6 is 11.6 Å². The number of rotatable bonds is 1. The topological polar surface area (TPSA) is 43.8 Å². The summed E-state index contributed by atoms with van der Waals surface area (Å²) in [5.41, 5.74) is 9.04. The average Bonchev–Trinajstić information content (AvgIpc) is 2.65. The van der Waals surface area contributed by atoms with E-state index in [1.807, 2.05) is 31.2 Å². The summed E-state index contributed by atoms with van der Waals surface area (Å²) in [4.78, 5) is 4.21. The van der Waals surface area contributed by atoms with Crippen molar-refractivity contribution in [2.75, 3.05) is 5.73 Å². The van der Waals surface area contributed by atoms with E-state index in [1.54, 1.807) is 4.57 Å². The highest BCUT2D eigenvalue weighted by Crippen LogP contribution is 2.27. The van der Waals surface area contributed by atoms with E-state index < -0.39 is 5.82 Å². The smallest absolute Gasteiger partial charge is 0.205 e. The van der Waals surface area contributed by atoms with Gasteiger partial charge >= 0.3 is 0 Å². The Hall–Kier alpha value is -2.07. The van der Waals surface area contributed by atoms with Crippen molar-refractivity contribution < 1.29 is 4.39 Å². The highest BCUT2D eigenvalue weighted by molar-refractivity contribution is 6.31. The number of fused-ring (bicyclic) bond motifs is 1. The fraction of sp³-hybridized carbons (Fsp3) is 0.0714. The van der Waals surface area contributed by atoms with E-state index in [-0.39, 0.29) is 5.02 Å². The zero-order valence-corrected chi connectivity index (χ0v) is 10.9. The molecular weight excluding hydrogens is 265 g/mol. The molecule has 0 saturated heterocycles. The lowest BCUT2D eigenvalue weighted by Crippen LogP contribution is -2.00. The third kappa shape index (κ3) is 1.94. The van der Waals surface area contributed by atoms with Crippen LogP contribution in [0.5, 0.6) is 0 Å². The predicted octanol–water partition coefficient (Wildman–Crippen LogP) is 3.71. The molecule has 3 rings (SSSR count). The van der Waals surface area contributed by atoms with Crippen LogP contribution in [0.3, 0.4) is 0 Å². The number of benzene rings is 2. The van der Waals surface area contributed by atoms with Crippen molar-refractivity contribution in [3.63, 3.8) is 0 Å². The van der Waals surface area contributed by atoms with Gasteiger partial charge in [0.05, 0.1) is 16.1 Å². The third-order valence-electron chi connectivity index (χ3n) is 2.98. The molecule has 3 nitrogen and oxygen atoms in total. The number of nitrogen functional groups attached to an aromatic ring is 1. The van der Waals surface area contributed by atoms with Crippen LogP contribution in [-0.4, -0.2) is 9.55 Å². The largest absolute Gasteiger partial charge is 0.369 e. The number of hydrogen-bond donors (Lipinski definition) is 1. The Kier molecular flexibility index (Phi) is 2.68. The van der Waals surface area contributed by atoms with Crippen LogP contribution in [0.15, 0.2) is 36.4 Å². The first kappa shape index (κ1) is 12.0. The summed E-state index contributed by atoms with van der Waals surface area (Å²) in [6.45, 7) is 1.98. The zero-order chi connectivity index (χ0) is 13.6. The minimum absolute atomic E-state index is 0.0430. The molecule has 0 amide bonds. The van der Waals surface area contributed by atoms with Gasteiger partial charge < -0.3 is 5.73 Å². The monoisotopic (exact) mass is 275 g/mol. The van der Waals surface area contributed by atoms with Crippen molar-refractivity contribution in [3.05, 3.63) is 52.8 Å². The first-order chi connectivity index (χ1) is 9.06. The van der Waals surface area contributed by atoms with Gasteiger partial charge in [-0.1, -0.05) is 23.7 Å². The van der Waals surface area contributed by atoms with Gasteiger partial charge in [-0.25, -0.2) is 9.37 Å². The molecule has 19 heavy (non-hydrogen) atoms. The van der Waals surface area contributed by atoms with Gasteiger partial charge in [-0.3, -0.25) is 4.57 Å². The van der Waals surface area contributed by atoms with Crippen molar-refractivity contribution in [1.82, 2.24) is 9.55 Å². The molecule has 5 heteroatoms. The molecule has 1 heterocycles. The van der Waals surface area contributed by atoms with Gasteiger partial charge in [0.15, 0.2) is 0 Å². The van der Waals surface area contributed by atoms with Gasteiger partial charge in [0.25, 0.3) is 0 Å². The van der Waals surface area contributed by atoms with Crippen molar-refractivity contribution in [3.8, 4) is 5.69 Å². The lowest BCUT2D eigenvalue weighted by molar-refractivity contribution is 0.629. The molecular formula is C14H11ClFN3. The average molecular weight is 276 g/mol. The molecule has 0 unspecified atom stereocenters. The maximum atomic E-state index is 13.6. The number of nitrogens with two attached hydrogens (primary N) is 1. The molecule has 2 N–H and O–H groups in total. The van der Waals surface area contributed by atoms with Gasteiger partial charge in [-0.15, -0.1) is 0 Å². The molecule has 96 valence electrons. The molecule has 2 aromatic carbocycles. The van der Waals surface area contributed by atoms with Crippen LogP contribution in [-0.2, 0) is 0 Å². The Bertz CT molecular complexity index is 780. The Morgan fingerprint density at radius 2 is 2.05 bits per heavy atom. The van der Waals surface area contributed by atoms with Crippen LogP contribution < -0.4 is 5.73 Å². The summed E-state index contributed by atoms with van der Waals surface area (Å²) >= 11 is 5.76. The summed E-state index contributed by atoms with van der Waals surface area (Å²) in [6, 6.07) is 10.6. The predicted molar refractivity (Wildman–Crippen MR) is 75.2 cm³/mol. The Morgan fingerprint density at radius 1 is 1.26 bits per heavy atom. The molecule has 1 aromatic heterocycles. The van der Waals surface area contributed by atoms with E-state index >= 15 is 0 Å². The van der Waals surface area contributed by atoms with Gasteiger partial charge in [0.2, 0.25) is 5.95 Å². The number of hydrogen-bond acceptors (Lipinski definition) is 2. The number of halogens is 2. The van der Waals surface area contributed by atoms with E-state index in [0.29, 0.717) is 17.0 Å². The van der Waals surface area contributed by atoms with E-state index in [2.05, 4.69) is 4.98 Å². The van der Waals surface area contributed by atoms with Crippen LogP contribution in [0.1, 0.15) is 5.56 Å². The molecule has 0 bridgehead atoms. The fourth-order valence-corrected chi connectivity index (χ4v) is 2.29. The zero-order valence-electron chi connectivity index (χ0n) is 10.2. The summed E-state index contributed by atoms with van der Waals surface area (Å²) < 4.78 is 15.3. The Labute approximate surface area is 114 Å². The molecule has 0 aliphatic heterocycles. The molecule has 3 aromatic rings. The van der Waals surface area contributed by atoms with E-state index in [1.165, 1.54) is 12.1 Å². The van der Waals surface area contributed by atoms with Crippen LogP contribution in [0, 0.1) is 12.7 Å². The second kappa shape index (κ2) is 4.24. The fourth-order valence-electron chi connectivity index (χ4n) is 2.13. The van der Waals surface area contributed by atoms with Crippen LogP contribution in [0.25, 0.3) is 16.7 Å². The maximum Gasteiger partial charge on any atom is 0.205 e. The quantitative estimate of drug-likeness (QED) is 0.736. The minimum atomic E-state index is -0.483. The summed E-state index contributed by atoms with van der Waals surface area (Å²) in [5.74, 6) is -0.176. The number of nitrogens with zero attached hydrogens (tertiary/aromatic N) is 2. The summed E-state index contributed by atoms with van der Waals surface area (Å²) in [7, 11) is 0. The normalized spacial score (nSPS) is 11.1. The first-order valence-corrected chi connectivity index (χ1v) is 6.14. The molecule has 0 fully saturated rings. The summed E-state index contributed by atoms with van der Waals surface area (Å²) in [5, 5.41) is 0.0430. The molecule has 0 spiro atoms. The first-order valence-electron chi connectivity index (χ1n) is 5.76. The molecule has 0 saturated carbocycles. The number of aromatic nitrogens is 2. The molecule has 0 aliphatic rings. The second-order valence-corrected chi connectivity index (χ2v) is 4.81. The summed E-state index contributed by atoms with van der Waals surface area (Å²) in [6.07, 6.45) is 0. The van der Waals surface area contributed by atoms with Crippen molar-refractivity contribution in [2.45, 2.75) is 6.92 Å². The Balaban J connectivity index is 2.34. The lowest BCUT2D eigenvalue weighted by Gasteiger charge is -2.07. The number of aryl methyl sites for hydroxylation is 1. The molecule has 0 atom stereocenters. The second-order valence-electron chi connectivity index (χ2n) is 4.40.